The van der Waals surface area contributed by atoms with Crippen LogP contribution in [0.3, 0.4) is 0 Å². The lowest BCUT2D eigenvalue weighted by Crippen LogP contribution is -2.45. The van der Waals surface area contributed by atoms with Gasteiger partial charge in [0.25, 0.3) is 0 Å². The Morgan fingerprint density at radius 2 is 2.17 bits per heavy atom. The molecule has 3 nitrogen and oxygen atoms in total. The maximum Gasteiger partial charge on any atom is 0.0673 e. The summed E-state index contributed by atoms with van der Waals surface area (Å²) < 4.78 is 5.72. The summed E-state index contributed by atoms with van der Waals surface area (Å²) in [5.41, 5.74) is 0.369. The summed E-state index contributed by atoms with van der Waals surface area (Å²) in [5, 5.41) is 3.60. The van der Waals surface area contributed by atoms with Crippen LogP contribution >= 0.6 is 0 Å². The van der Waals surface area contributed by atoms with Crippen LogP contribution in [0.15, 0.2) is 0 Å². The Kier molecular flexibility index (Phi) is 6.61. The normalized spacial score (nSPS) is 26.0. The molecular weight excluding hydrogens is 224 g/mol. The molecule has 2 unspecified atom stereocenters. The van der Waals surface area contributed by atoms with Crippen LogP contribution in [-0.4, -0.2) is 49.8 Å². The van der Waals surface area contributed by atoms with Crippen molar-refractivity contribution in [2.45, 2.75) is 59.6 Å². The zero-order valence-corrected chi connectivity index (χ0v) is 13.0. The summed E-state index contributed by atoms with van der Waals surface area (Å²) >= 11 is 0. The van der Waals surface area contributed by atoms with Gasteiger partial charge in [0.05, 0.1) is 6.10 Å². The third-order valence-electron chi connectivity index (χ3n) is 3.93. The predicted molar refractivity (Wildman–Crippen MR) is 78.0 cm³/mol. The van der Waals surface area contributed by atoms with Crippen molar-refractivity contribution in [3.05, 3.63) is 0 Å². The Morgan fingerprint density at radius 1 is 1.44 bits per heavy atom. The Hall–Kier alpha value is -0.120. The van der Waals surface area contributed by atoms with E-state index >= 15 is 0 Å². The van der Waals surface area contributed by atoms with Crippen LogP contribution in [0.5, 0.6) is 0 Å². The maximum absolute atomic E-state index is 5.72. The van der Waals surface area contributed by atoms with Crippen LogP contribution in [0.4, 0.5) is 0 Å². The Balaban J connectivity index is 2.49. The van der Waals surface area contributed by atoms with Crippen LogP contribution in [0.1, 0.15) is 47.5 Å². The molecule has 1 N–H and O–H groups in total. The fourth-order valence-corrected chi connectivity index (χ4v) is 2.51. The summed E-state index contributed by atoms with van der Waals surface area (Å²) in [4.78, 5) is 2.59. The van der Waals surface area contributed by atoms with E-state index < -0.39 is 0 Å². The zero-order valence-electron chi connectivity index (χ0n) is 13.0. The fourth-order valence-electron chi connectivity index (χ4n) is 2.51. The second-order valence-electron chi connectivity index (χ2n) is 6.47. The average molecular weight is 256 g/mol. The number of nitrogens with one attached hydrogen (secondary N) is 1. The average Bonchev–Trinajstić information content (AvgIpc) is 2.51. The zero-order chi connectivity index (χ0) is 13.6. The third-order valence-corrected chi connectivity index (χ3v) is 3.93. The van der Waals surface area contributed by atoms with Crippen LogP contribution in [-0.2, 0) is 4.74 Å². The molecule has 0 amide bonds. The van der Waals surface area contributed by atoms with Crippen molar-refractivity contribution in [2.75, 3.05) is 32.8 Å². The fraction of sp³-hybridized carbons (Fsp3) is 1.00. The van der Waals surface area contributed by atoms with Gasteiger partial charge in [-0.05, 0) is 25.2 Å². The van der Waals surface area contributed by atoms with Gasteiger partial charge in [0, 0.05) is 38.8 Å². The molecule has 1 saturated heterocycles. The van der Waals surface area contributed by atoms with Crippen molar-refractivity contribution in [1.29, 1.82) is 0 Å². The smallest absolute Gasteiger partial charge is 0.0673 e. The molecule has 0 radical (unpaired) electrons. The first kappa shape index (κ1) is 15.9. The van der Waals surface area contributed by atoms with Gasteiger partial charge in [-0.25, -0.2) is 0 Å². The first-order valence-corrected chi connectivity index (χ1v) is 7.52. The molecule has 0 saturated carbocycles. The minimum Gasteiger partial charge on any atom is -0.377 e. The Bertz CT molecular complexity index is 233. The molecule has 1 aliphatic rings. The van der Waals surface area contributed by atoms with Gasteiger partial charge in [-0.1, -0.05) is 27.7 Å². The van der Waals surface area contributed by atoms with Crippen molar-refractivity contribution in [1.82, 2.24) is 10.2 Å². The first-order valence-electron chi connectivity index (χ1n) is 7.52. The largest absolute Gasteiger partial charge is 0.377 e. The summed E-state index contributed by atoms with van der Waals surface area (Å²) in [7, 11) is 0. The SMILES string of the molecule is CCC(C)(CNC(C)C)CN1CCCOC(C)C1. The number of nitrogens with zero attached hydrogens (tertiary/aromatic N) is 1. The van der Waals surface area contributed by atoms with Crippen molar-refractivity contribution in [3.8, 4) is 0 Å². The van der Waals surface area contributed by atoms with Gasteiger partial charge in [0.1, 0.15) is 0 Å². The highest BCUT2D eigenvalue weighted by Crippen LogP contribution is 2.23. The molecule has 108 valence electrons. The topological polar surface area (TPSA) is 24.5 Å². The standard InChI is InChI=1S/C15H32N2O/c1-6-15(5,11-16-13(2)3)12-17-8-7-9-18-14(4)10-17/h13-14,16H,6-12H2,1-5H3. The number of hydrogen-bond acceptors (Lipinski definition) is 3. The highest BCUT2D eigenvalue weighted by Gasteiger charge is 2.27. The summed E-state index contributed by atoms with van der Waals surface area (Å²) in [6.45, 7) is 16.8. The van der Waals surface area contributed by atoms with Gasteiger partial charge >= 0.3 is 0 Å². The molecule has 3 heteroatoms. The predicted octanol–water partition coefficient (Wildman–Crippen LogP) is 2.51. The van der Waals surface area contributed by atoms with E-state index in [2.05, 4.69) is 44.8 Å². The van der Waals surface area contributed by atoms with Crippen molar-refractivity contribution >= 4 is 0 Å². The van der Waals surface area contributed by atoms with E-state index in [0.29, 0.717) is 17.6 Å². The Labute approximate surface area is 113 Å². The molecule has 0 aromatic heterocycles. The van der Waals surface area contributed by atoms with Crippen molar-refractivity contribution in [3.63, 3.8) is 0 Å². The van der Waals surface area contributed by atoms with Gasteiger partial charge in [-0.2, -0.15) is 0 Å². The lowest BCUT2D eigenvalue weighted by Gasteiger charge is -2.35. The monoisotopic (exact) mass is 256 g/mol. The second-order valence-corrected chi connectivity index (χ2v) is 6.47. The van der Waals surface area contributed by atoms with Crippen molar-refractivity contribution < 1.29 is 4.74 Å². The molecule has 18 heavy (non-hydrogen) atoms. The molecule has 0 aliphatic carbocycles. The van der Waals surface area contributed by atoms with E-state index in [4.69, 9.17) is 4.74 Å². The highest BCUT2D eigenvalue weighted by atomic mass is 16.5. The molecule has 1 aliphatic heterocycles. The molecule has 0 aromatic carbocycles. The summed E-state index contributed by atoms with van der Waals surface area (Å²) in [6, 6.07) is 0.572. The van der Waals surface area contributed by atoms with E-state index in [-0.39, 0.29) is 0 Å². The lowest BCUT2D eigenvalue weighted by molar-refractivity contribution is 0.0596. The Morgan fingerprint density at radius 3 is 2.78 bits per heavy atom. The van der Waals surface area contributed by atoms with E-state index in [1.54, 1.807) is 0 Å². The molecular formula is C15H32N2O. The highest BCUT2D eigenvalue weighted by molar-refractivity contribution is 4.82. The van der Waals surface area contributed by atoms with Gasteiger partial charge in [-0.15, -0.1) is 0 Å². The van der Waals surface area contributed by atoms with Crippen LogP contribution in [0.2, 0.25) is 0 Å². The third kappa shape index (κ3) is 5.68. The minimum atomic E-state index is 0.369. The summed E-state index contributed by atoms with van der Waals surface area (Å²) in [6.07, 6.45) is 2.77. The number of ether oxygens (including phenoxy) is 1. The van der Waals surface area contributed by atoms with E-state index in [1.807, 2.05) is 0 Å². The second kappa shape index (κ2) is 7.46. The van der Waals surface area contributed by atoms with Crippen LogP contribution in [0, 0.1) is 5.41 Å². The van der Waals surface area contributed by atoms with Crippen LogP contribution in [0.25, 0.3) is 0 Å². The van der Waals surface area contributed by atoms with Crippen molar-refractivity contribution in [2.24, 2.45) is 5.41 Å². The van der Waals surface area contributed by atoms with Gasteiger partial charge in [0.15, 0.2) is 0 Å². The molecule has 1 fully saturated rings. The lowest BCUT2D eigenvalue weighted by atomic mass is 9.86. The first-order chi connectivity index (χ1) is 8.45. The van der Waals surface area contributed by atoms with E-state index in [1.165, 1.54) is 25.9 Å². The maximum atomic E-state index is 5.72. The van der Waals surface area contributed by atoms with Crippen LogP contribution < -0.4 is 5.32 Å². The molecule has 0 bridgehead atoms. The van der Waals surface area contributed by atoms with Gasteiger partial charge in [-0.3, -0.25) is 0 Å². The molecule has 2 atom stereocenters. The summed E-state index contributed by atoms with van der Waals surface area (Å²) in [5.74, 6) is 0. The van der Waals surface area contributed by atoms with E-state index in [0.717, 1.165) is 19.7 Å². The molecule has 1 rings (SSSR count). The molecule has 1 heterocycles. The quantitative estimate of drug-likeness (QED) is 0.790. The van der Waals surface area contributed by atoms with Gasteiger partial charge < -0.3 is 15.0 Å². The number of hydrogen-bond donors (Lipinski definition) is 1. The minimum absolute atomic E-state index is 0.369. The molecule has 0 aromatic rings. The van der Waals surface area contributed by atoms with E-state index in [9.17, 15) is 0 Å². The van der Waals surface area contributed by atoms with Gasteiger partial charge in [0.2, 0.25) is 0 Å². The number of rotatable bonds is 6. The molecule has 0 spiro atoms.